The molecule has 0 amide bonds. The number of rotatable bonds is 2. The maximum Gasteiger partial charge on any atom is 0.347 e. The number of hydrogen-bond acceptors (Lipinski definition) is 4. The summed E-state index contributed by atoms with van der Waals surface area (Å²) >= 11 is 0. The van der Waals surface area contributed by atoms with Gasteiger partial charge in [-0.1, -0.05) is 0 Å². The van der Waals surface area contributed by atoms with E-state index in [-0.39, 0.29) is 10.6 Å². The third kappa shape index (κ3) is 1.92. The maximum atomic E-state index is 11.3. The van der Waals surface area contributed by atoms with Crippen molar-refractivity contribution >= 4 is 11.7 Å². The van der Waals surface area contributed by atoms with Crippen molar-refractivity contribution in [2.45, 2.75) is 46.1 Å². The van der Waals surface area contributed by atoms with Gasteiger partial charge in [-0.3, -0.25) is 10.1 Å². The fourth-order valence-electron chi connectivity index (χ4n) is 2.67. The molecule has 6 heteroatoms. The van der Waals surface area contributed by atoms with Crippen LogP contribution in [0.15, 0.2) is 0 Å². The Hall–Kier alpha value is -2.11. The van der Waals surface area contributed by atoms with Crippen LogP contribution in [0.4, 0.5) is 5.69 Å². The number of nitro benzene ring substituents is 1. The van der Waals surface area contributed by atoms with Gasteiger partial charge < -0.3 is 9.84 Å². The minimum absolute atomic E-state index is 0.101. The van der Waals surface area contributed by atoms with Gasteiger partial charge in [0.25, 0.3) is 5.69 Å². The molecule has 1 heterocycles. The van der Waals surface area contributed by atoms with E-state index in [0.29, 0.717) is 35.3 Å². The van der Waals surface area contributed by atoms with Gasteiger partial charge in [-0.05, 0) is 34.1 Å². The molecule has 1 aliphatic rings. The normalized spacial score (nSPS) is 21.0. The van der Waals surface area contributed by atoms with Gasteiger partial charge in [0.2, 0.25) is 5.60 Å². The van der Waals surface area contributed by atoms with Crippen LogP contribution in [0, 0.1) is 30.9 Å². The van der Waals surface area contributed by atoms with E-state index in [1.165, 1.54) is 6.92 Å². The quantitative estimate of drug-likeness (QED) is 0.664. The molecule has 1 aromatic rings. The first-order valence-electron chi connectivity index (χ1n) is 6.38. The van der Waals surface area contributed by atoms with Crippen molar-refractivity contribution < 1.29 is 19.6 Å². The number of ether oxygens (including phenoxy) is 1. The predicted molar refractivity (Wildman–Crippen MR) is 72.3 cm³/mol. The summed E-state index contributed by atoms with van der Waals surface area (Å²) in [5, 5.41) is 20.4. The second-order valence-corrected chi connectivity index (χ2v) is 5.43. The van der Waals surface area contributed by atoms with E-state index in [9.17, 15) is 20.0 Å². The largest absolute Gasteiger partial charge is 0.478 e. The van der Waals surface area contributed by atoms with Crippen molar-refractivity contribution in [3.63, 3.8) is 0 Å². The van der Waals surface area contributed by atoms with E-state index < -0.39 is 11.6 Å². The van der Waals surface area contributed by atoms with Crippen molar-refractivity contribution in [2.24, 2.45) is 0 Å². The van der Waals surface area contributed by atoms with Crippen LogP contribution in [-0.4, -0.2) is 21.6 Å². The molecule has 0 saturated heterocycles. The van der Waals surface area contributed by atoms with Crippen LogP contribution >= 0.6 is 0 Å². The summed E-state index contributed by atoms with van der Waals surface area (Å²) in [5.41, 5.74) is 1.32. The molecule has 1 aromatic carbocycles. The lowest BCUT2D eigenvalue weighted by atomic mass is 9.87. The molecular weight excluding hydrogens is 262 g/mol. The number of nitrogens with zero attached hydrogens (tertiary/aromatic N) is 1. The number of fused-ring (bicyclic) bond motifs is 1. The number of carbonyl (C=O) groups is 1. The molecule has 0 aromatic heterocycles. The standard InChI is InChI=1S/C14H17NO5/c1-7-8(2)12-10(9(3)11(7)15(18)19)5-6-14(4,20-12)13(16)17/h5-6H2,1-4H3,(H,16,17). The third-order valence-electron chi connectivity index (χ3n) is 4.15. The SMILES string of the molecule is Cc1c(C)c([N+](=O)[O-])c(C)c2c1OC(C)(C(=O)O)CC2. The molecule has 0 bridgehead atoms. The fourth-order valence-corrected chi connectivity index (χ4v) is 2.67. The first-order chi connectivity index (χ1) is 9.19. The first kappa shape index (κ1) is 14.3. The van der Waals surface area contributed by atoms with E-state index >= 15 is 0 Å². The lowest BCUT2D eigenvalue weighted by Crippen LogP contribution is -2.44. The van der Waals surface area contributed by atoms with E-state index in [1.807, 2.05) is 0 Å². The Balaban J connectivity index is 2.67. The average Bonchev–Trinajstić information content (AvgIpc) is 2.35. The summed E-state index contributed by atoms with van der Waals surface area (Å²) in [6.45, 7) is 6.62. The van der Waals surface area contributed by atoms with E-state index in [0.717, 1.165) is 5.56 Å². The van der Waals surface area contributed by atoms with Crippen LogP contribution in [0.25, 0.3) is 0 Å². The molecule has 1 aliphatic heterocycles. The monoisotopic (exact) mass is 279 g/mol. The molecular formula is C14H17NO5. The van der Waals surface area contributed by atoms with Crippen molar-refractivity contribution in [2.75, 3.05) is 0 Å². The highest BCUT2D eigenvalue weighted by Crippen LogP contribution is 2.43. The van der Waals surface area contributed by atoms with E-state index in [1.54, 1.807) is 20.8 Å². The van der Waals surface area contributed by atoms with Crippen LogP contribution in [-0.2, 0) is 11.2 Å². The Morgan fingerprint density at radius 1 is 1.30 bits per heavy atom. The summed E-state index contributed by atoms with van der Waals surface area (Å²) in [7, 11) is 0. The van der Waals surface area contributed by atoms with Crippen LogP contribution in [0.3, 0.4) is 0 Å². The van der Waals surface area contributed by atoms with Gasteiger partial charge >= 0.3 is 5.97 Å². The first-order valence-corrected chi connectivity index (χ1v) is 6.38. The maximum absolute atomic E-state index is 11.3. The molecule has 108 valence electrons. The van der Waals surface area contributed by atoms with Crippen molar-refractivity contribution in [3.8, 4) is 5.75 Å². The number of carboxylic acid groups (broad SMARTS) is 1. The van der Waals surface area contributed by atoms with Crippen LogP contribution in [0.2, 0.25) is 0 Å². The predicted octanol–water partition coefficient (Wildman–Crippen LogP) is 2.69. The minimum Gasteiger partial charge on any atom is -0.478 e. The molecule has 6 nitrogen and oxygen atoms in total. The summed E-state index contributed by atoms with van der Waals surface area (Å²) < 4.78 is 5.69. The molecule has 0 saturated carbocycles. The number of hydrogen-bond donors (Lipinski definition) is 1. The number of nitro groups is 1. The number of aliphatic carboxylic acids is 1. The molecule has 1 unspecified atom stereocenters. The molecule has 1 atom stereocenters. The summed E-state index contributed by atoms with van der Waals surface area (Å²) in [5.74, 6) is -0.530. The van der Waals surface area contributed by atoms with Crippen LogP contribution in [0.5, 0.6) is 5.75 Å². The molecule has 0 spiro atoms. The van der Waals surface area contributed by atoms with Gasteiger partial charge in [0.1, 0.15) is 5.75 Å². The Morgan fingerprint density at radius 2 is 1.90 bits per heavy atom. The zero-order valence-corrected chi connectivity index (χ0v) is 11.9. The zero-order chi connectivity index (χ0) is 15.2. The Bertz CT molecular complexity index is 623. The fraction of sp³-hybridized carbons (Fsp3) is 0.500. The van der Waals surface area contributed by atoms with Crippen LogP contribution in [0.1, 0.15) is 35.6 Å². The molecule has 1 N–H and O–H groups in total. The lowest BCUT2D eigenvalue weighted by Gasteiger charge is -2.34. The van der Waals surface area contributed by atoms with Gasteiger partial charge in [-0.2, -0.15) is 0 Å². The number of carboxylic acids is 1. The Morgan fingerprint density at radius 3 is 2.40 bits per heavy atom. The minimum atomic E-state index is -1.27. The van der Waals surface area contributed by atoms with Gasteiger partial charge in [0, 0.05) is 28.7 Å². The highest BCUT2D eigenvalue weighted by atomic mass is 16.6. The Kier molecular flexibility index (Phi) is 3.20. The smallest absolute Gasteiger partial charge is 0.347 e. The second-order valence-electron chi connectivity index (χ2n) is 5.43. The van der Waals surface area contributed by atoms with Gasteiger partial charge in [0.05, 0.1) is 4.92 Å². The van der Waals surface area contributed by atoms with Gasteiger partial charge in [0.15, 0.2) is 0 Å². The molecule has 0 radical (unpaired) electrons. The lowest BCUT2D eigenvalue weighted by molar-refractivity contribution is -0.386. The molecule has 20 heavy (non-hydrogen) atoms. The van der Waals surface area contributed by atoms with Gasteiger partial charge in [-0.25, -0.2) is 4.79 Å². The highest BCUT2D eigenvalue weighted by molar-refractivity contribution is 5.78. The van der Waals surface area contributed by atoms with E-state index in [4.69, 9.17) is 4.74 Å². The molecule has 0 aliphatic carbocycles. The topological polar surface area (TPSA) is 89.7 Å². The van der Waals surface area contributed by atoms with Crippen molar-refractivity contribution in [1.29, 1.82) is 0 Å². The summed E-state index contributed by atoms with van der Waals surface area (Å²) in [6, 6.07) is 0. The third-order valence-corrected chi connectivity index (χ3v) is 4.15. The number of benzene rings is 1. The molecule has 2 rings (SSSR count). The van der Waals surface area contributed by atoms with Gasteiger partial charge in [-0.15, -0.1) is 0 Å². The zero-order valence-electron chi connectivity index (χ0n) is 11.9. The van der Waals surface area contributed by atoms with Crippen molar-refractivity contribution in [3.05, 3.63) is 32.4 Å². The Labute approximate surface area is 116 Å². The summed E-state index contributed by atoms with van der Waals surface area (Å²) in [4.78, 5) is 22.1. The van der Waals surface area contributed by atoms with E-state index in [2.05, 4.69) is 0 Å². The summed E-state index contributed by atoms with van der Waals surface area (Å²) in [6.07, 6.45) is 0.766. The second kappa shape index (κ2) is 4.47. The average molecular weight is 279 g/mol. The van der Waals surface area contributed by atoms with Crippen molar-refractivity contribution in [1.82, 2.24) is 0 Å². The molecule has 0 fully saturated rings. The highest BCUT2D eigenvalue weighted by Gasteiger charge is 2.41. The van der Waals surface area contributed by atoms with Crippen LogP contribution < -0.4 is 4.74 Å².